The van der Waals surface area contributed by atoms with E-state index in [-0.39, 0.29) is 11.2 Å². The third kappa shape index (κ3) is 2.66. The van der Waals surface area contributed by atoms with Crippen LogP contribution in [0.3, 0.4) is 0 Å². The number of carbonyl (C=O) groups is 1. The van der Waals surface area contributed by atoms with E-state index < -0.39 is 17.4 Å². The van der Waals surface area contributed by atoms with E-state index >= 15 is 0 Å². The fourth-order valence-electron chi connectivity index (χ4n) is 2.60. The number of ether oxygens (including phenoxy) is 1. The summed E-state index contributed by atoms with van der Waals surface area (Å²) in [5, 5.41) is 0. The Labute approximate surface area is 121 Å². The molecule has 4 heteroatoms. The molecule has 0 amide bonds. The number of benzene rings is 2. The van der Waals surface area contributed by atoms with Gasteiger partial charge in [-0.2, -0.15) is 0 Å². The number of fused-ring (bicyclic) bond motifs is 1. The Morgan fingerprint density at radius 3 is 2.38 bits per heavy atom. The highest BCUT2D eigenvalue weighted by Crippen LogP contribution is 2.35. The zero-order chi connectivity index (χ0) is 15.2. The van der Waals surface area contributed by atoms with E-state index in [2.05, 4.69) is 0 Å². The zero-order valence-corrected chi connectivity index (χ0v) is 11.7. The van der Waals surface area contributed by atoms with Crippen molar-refractivity contribution in [2.45, 2.75) is 25.9 Å². The van der Waals surface area contributed by atoms with Gasteiger partial charge in [-0.1, -0.05) is 0 Å². The summed E-state index contributed by atoms with van der Waals surface area (Å²) in [6, 6.07) is 7.90. The lowest BCUT2D eigenvalue weighted by Gasteiger charge is -2.16. The topological polar surface area (TPSA) is 26.3 Å². The molecule has 0 radical (unpaired) electrons. The molecule has 0 spiro atoms. The van der Waals surface area contributed by atoms with E-state index in [9.17, 15) is 13.6 Å². The van der Waals surface area contributed by atoms with E-state index in [0.29, 0.717) is 12.0 Å². The molecule has 2 nitrogen and oxygen atoms in total. The van der Waals surface area contributed by atoms with Crippen molar-refractivity contribution in [2.24, 2.45) is 0 Å². The van der Waals surface area contributed by atoms with Gasteiger partial charge in [0, 0.05) is 23.6 Å². The number of carbonyl (C=O) groups excluding carboxylic acids is 1. The van der Waals surface area contributed by atoms with E-state index in [4.69, 9.17) is 4.74 Å². The summed E-state index contributed by atoms with van der Waals surface area (Å²) < 4.78 is 32.2. The van der Waals surface area contributed by atoms with Gasteiger partial charge >= 0.3 is 0 Å². The minimum absolute atomic E-state index is 0.00521. The SMILES string of the molecule is CC1(C)Cc2cc(C(=O)c3cc(F)cc(F)c3)ccc2O1. The maximum Gasteiger partial charge on any atom is 0.193 e. The van der Waals surface area contributed by atoms with Crippen molar-refractivity contribution >= 4 is 5.78 Å². The Kier molecular flexibility index (Phi) is 3.04. The van der Waals surface area contributed by atoms with Crippen molar-refractivity contribution in [3.8, 4) is 5.75 Å². The van der Waals surface area contributed by atoms with Gasteiger partial charge in [0.2, 0.25) is 0 Å². The molecule has 0 fully saturated rings. The van der Waals surface area contributed by atoms with Crippen molar-refractivity contribution in [3.63, 3.8) is 0 Å². The van der Waals surface area contributed by atoms with Gasteiger partial charge in [0.1, 0.15) is 23.0 Å². The third-order valence-corrected chi connectivity index (χ3v) is 3.45. The standard InChI is InChI=1S/C17H14F2O2/c1-17(2)9-12-5-10(3-4-15(12)21-17)16(20)11-6-13(18)8-14(19)7-11/h3-8H,9H2,1-2H3. The molecule has 108 valence electrons. The molecule has 1 aliphatic heterocycles. The molecule has 21 heavy (non-hydrogen) atoms. The maximum atomic E-state index is 13.2. The van der Waals surface area contributed by atoms with Gasteiger partial charge < -0.3 is 4.74 Å². The monoisotopic (exact) mass is 288 g/mol. The first-order valence-electron chi connectivity index (χ1n) is 6.67. The van der Waals surface area contributed by atoms with Crippen molar-refractivity contribution in [1.29, 1.82) is 0 Å². The van der Waals surface area contributed by atoms with Crippen LogP contribution in [0.4, 0.5) is 8.78 Å². The van der Waals surface area contributed by atoms with Gasteiger partial charge in [-0.3, -0.25) is 4.79 Å². The summed E-state index contributed by atoms with van der Waals surface area (Å²) in [5.74, 6) is -1.17. The number of ketones is 1. The highest BCUT2D eigenvalue weighted by atomic mass is 19.1. The summed E-state index contributed by atoms with van der Waals surface area (Å²) in [5.41, 5.74) is 1.04. The van der Waals surface area contributed by atoms with Crippen LogP contribution < -0.4 is 4.74 Å². The molecule has 3 rings (SSSR count). The van der Waals surface area contributed by atoms with Crippen LogP contribution in [-0.4, -0.2) is 11.4 Å². The van der Waals surface area contributed by atoms with Crippen LogP contribution in [0, 0.1) is 11.6 Å². The van der Waals surface area contributed by atoms with Gasteiger partial charge in [-0.25, -0.2) is 8.78 Å². The second-order valence-corrected chi connectivity index (χ2v) is 5.85. The van der Waals surface area contributed by atoms with Crippen molar-refractivity contribution in [3.05, 3.63) is 64.7 Å². The predicted octanol–water partition coefficient (Wildman–Crippen LogP) is 3.91. The maximum absolute atomic E-state index is 13.2. The van der Waals surface area contributed by atoms with E-state index in [0.717, 1.165) is 29.5 Å². The van der Waals surface area contributed by atoms with E-state index in [1.165, 1.54) is 0 Å². The minimum Gasteiger partial charge on any atom is -0.487 e. The average molecular weight is 288 g/mol. The molecular weight excluding hydrogens is 274 g/mol. The van der Waals surface area contributed by atoms with E-state index in [1.54, 1.807) is 18.2 Å². The molecule has 2 aromatic rings. The second kappa shape index (κ2) is 4.65. The quantitative estimate of drug-likeness (QED) is 0.783. The summed E-state index contributed by atoms with van der Waals surface area (Å²) in [6.45, 7) is 3.94. The molecule has 1 heterocycles. The summed E-state index contributed by atoms with van der Waals surface area (Å²) in [7, 11) is 0. The van der Waals surface area contributed by atoms with Crippen LogP contribution in [0.5, 0.6) is 5.75 Å². The number of halogens is 2. The summed E-state index contributed by atoms with van der Waals surface area (Å²) in [4.78, 5) is 12.3. The molecule has 0 unspecified atom stereocenters. The van der Waals surface area contributed by atoms with Crippen LogP contribution in [0.25, 0.3) is 0 Å². The molecule has 0 aromatic heterocycles. The average Bonchev–Trinajstić information content (AvgIpc) is 2.69. The van der Waals surface area contributed by atoms with Crippen LogP contribution in [0.1, 0.15) is 35.3 Å². The predicted molar refractivity (Wildman–Crippen MR) is 74.6 cm³/mol. The largest absolute Gasteiger partial charge is 0.487 e. The van der Waals surface area contributed by atoms with Gasteiger partial charge in [0.15, 0.2) is 5.78 Å². The van der Waals surface area contributed by atoms with Crippen molar-refractivity contribution in [1.82, 2.24) is 0 Å². The highest BCUT2D eigenvalue weighted by molar-refractivity contribution is 6.09. The van der Waals surface area contributed by atoms with Gasteiger partial charge in [0.05, 0.1) is 0 Å². The lowest BCUT2D eigenvalue weighted by molar-refractivity contribution is 0.103. The fraction of sp³-hybridized carbons (Fsp3) is 0.235. The van der Waals surface area contributed by atoms with Crippen LogP contribution >= 0.6 is 0 Å². The molecule has 0 saturated carbocycles. The smallest absolute Gasteiger partial charge is 0.193 e. The molecule has 0 aliphatic carbocycles. The van der Waals surface area contributed by atoms with E-state index in [1.807, 2.05) is 13.8 Å². The summed E-state index contributed by atoms with van der Waals surface area (Å²) >= 11 is 0. The molecule has 0 bridgehead atoms. The Morgan fingerprint density at radius 1 is 1.05 bits per heavy atom. The molecule has 0 saturated heterocycles. The third-order valence-electron chi connectivity index (χ3n) is 3.45. The Bertz CT molecular complexity index is 715. The summed E-state index contributed by atoms with van der Waals surface area (Å²) in [6.07, 6.45) is 0.695. The Morgan fingerprint density at radius 2 is 1.71 bits per heavy atom. The lowest BCUT2D eigenvalue weighted by atomic mass is 9.97. The number of hydrogen-bond donors (Lipinski definition) is 0. The highest BCUT2D eigenvalue weighted by Gasteiger charge is 2.30. The molecule has 1 aliphatic rings. The second-order valence-electron chi connectivity index (χ2n) is 5.85. The molecule has 2 aromatic carbocycles. The van der Waals surface area contributed by atoms with Crippen LogP contribution in [0.15, 0.2) is 36.4 Å². The van der Waals surface area contributed by atoms with Crippen LogP contribution in [-0.2, 0) is 6.42 Å². The van der Waals surface area contributed by atoms with Crippen LogP contribution in [0.2, 0.25) is 0 Å². The normalized spacial score (nSPS) is 15.4. The molecule has 0 atom stereocenters. The number of hydrogen-bond acceptors (Lipinski definition) is 2. The van der Waals surface area contributed by atoms with Crippen molar-refractivity contribution < 1.29 is 18.3 Å². The zero-order valence-electron chi connectivity index (χ0n) is 11.7. The Balaban J connectivity index is 1.97. The Hall–Kier alpha value is -2.23. The van der Waals surface area contributed by atoms with Gasteiger partial charge in [-0.15, -0.1) is 0 Å². The number of rotatable bonds is 2. The first-order chi connectivity index (χ1) is 9.84. The lowest BCUT2D eigenvalue weighted by Crippen LogP contribution is -2.24. The molecular formula is C17H14F2O2. The first-order valence-corrected chi connectivity index (χ1v) is 6.67. The minimum atomic E-state index is -0.760. The van der Waals surface area contributed by atoms with Gasteiger partial charge in [0.25, 0.3) is 0 Å². The van der Waals surface area contributed by atoms with Gasteiger partial charge in [-0.05, 0) is 49.7 Å². The fourth-order valence-corrected chi connectivity index (χ4v) is 2.60. The molecule has 0 N–H and O–H groups in total. The first kappa shape index (κ1) is 13.7. The van der Waals surface area contributed by atoms with Crippen molar-refractivity contribution in [2.75, 3.05) is 0 Å².